The Labute approximate surface area is 113 Å². The average Bonchev–Trinajstić information content (AvgIpc) is 2.30. The maximum atomic E-state index is 6.12. The molecule has 0 atom stereocenters. The molecule has 0 spiro atoms. The van der Waals surface area contributed by atoms with E-state index in [4.69, 9.17) is 17.3 Å². The molecule has 0 unspecified atom stereocenters. The van der Waals surface area contributed by atoms with E-state index in [1.807, 2.05) is 37.3 Å². The molecule has 2 rings (SSSR count). The standard InChI is InChI=1S/C15H17ClN2/c1-10-7-11(2)15(14(17)8-10)18-9-12-5-3-4-6-13(12)16/h3-8,18H,9,17H2,1-2H3. The van der Waals surface area contributed by atoms with Gasteiger partial charge in [-0.2, -0.15) is 0 Å². The van der Waals surface area contributed by atoms with Crippen molar-refractivity contribution in [3.63, 3.8) is 0 Å². The van der Waals surface area contributed by atoms with Gasteiger partial charge in [-0.25, -0.2) is 0 Å². The van der Waals surface area contributed by atoms with E-state index in [1.165, 1.54) is 5.56 Å². The third-order valence-corrected chi connectivity index (χ3v) is 3.29. The summed E-state index contributed by atoms with van der Waals surface area (Å²) in [4.78, 5) is 0. The minimum absolute atomic E-state index is 0.674. The Kier molecular flexibility index (Phi) is 3.78. The van der Waals surface area contributed by atoms with E-state index in [0.717, 1.165) is 27.5 Å². The van der Waals surface area contributed by atoms with E-state index in [2.05, 4.69) is 18.3 Å². The Morgan fingerprint density at radius 1 is 1.17 bits per heavy atom. The summed E-state index contributed by atoms with van der Waals surface area (Å²) < 4.78 is 0. The first-order valence-electron chi connectivity index (χ1n) is 5.92. The van der Waals surface area contributed by atoms with Crippen LogP contribution in [0.2, 0.25) is 5.02 Å². The second kappa shape index (κ2) is 5.32. The fraction of sp³-hybridized carbons (Fsp3) is 0.200. The normalized spacial score (nSPS) is 10.4. The molecule has 0 saturated heterocycles. The van der Waals surface area contributed by atoms with Crippen molar-refractivity contribution in [2.45, 2.75) is 20.4 Å². The smallest absolute Gasteiger partial charge is 0.0606 e. The average molecular weight is 261 g/mol. The highest BCUT2D eigenvalue weighted by molar-refractivity contribution is 6.31. The van der Waals surface area contributed by atoms with Crippen molar-refractivity contribution in [1.29, 1.82) is 0 Å². The van der Waals surface area contributed by atoms with Crippen LogP contribution in [0.1, 0.15) is 16.7 Å². The highest BCUT2D eigenvalue weighted by Crippen LogP contribution is 2.26. The summed E-state index contributed by atoms with van der Waals surface area (Å²) in [6.45, 7) is 4.77. The SMILES string of the molecule is Cc1cc(C)c(NCc2ccccc2Cl)c(N)c1. The molecule has 0 saturated carbocycles. The highest BCUT2D eigenvalue weighted by Gasteiger charge is 2.05. The van der Waals surface area contributed by atoms with Gasteiger partial charge in [-0.15, -0.1) is 0 Å². The lowest BCUT2D eigenvalue weighted by molar-refractivity contribution is 1.14. The second-order valence-corrected chi connectivity index (χ2v) is 4.90. The van der Waals surface area contributed by atoms with E-state index in [-0.39, 0.29) is 0 Å². The molecule has 2 aromatic carbocycles. The zero-order valence-electron chi connectivity index (χ0n) is 10.6. The van der Waals surface area contributed by atoms with Gasteiger partial charge in [-0.1, -0.05) is 35.9 Å². The fourth-order valence-electron chi connectivity index (χ4n) is 2.07. The second-order valence-electron chi connectivity index (χ2n) is 4.49. The molecule has 94 valence electrons. The van der Waals surface area contributed by atoms with Gasteiger partial charge in [0.2, 0.25) is 0 Å². The summed E-state index contributed by atoms with van der Waals surface area (Å²) in [5.41, 5.74) is 11.2. The topological polar surface area (TPSA) is 38.0 Å². The van der Waals surface area contributed by atoms with E-state index in [1.54, 1.807) is 0 Å². The van der Waals surface area contributed by atoms with Crippen molar-refractivity contribution in [2.24, 2.45) is 0 Å². The van der Waals surface area contributed by atoms with Crippen LogP contribution in [0.15, 0.2) is 36.4 Å². The lowest BCUT2D eigenvalue weighted by Gasteiger charge is -2.14. The summed E-state index contributed by atoms with van der Waals surface area (Å²) in [5, 5.41) is 4.13. The van der Waals surface area contributed by atoms with Crippen molar-refractivity contribution in [2.75, 3.05) is 11.1 Å². The first-order valence-corrected chi connectivity index (χ1v) is 6.29. The molecule has 3 heteroatoms. The lowest BCUT2D eigenvalue weighted by Crippen LogP contribution is -2.05. The summed E-state index contributed by atoms with van der Waals surface area (Å²) in [6.07, 6.45) is 0. The minimum atomic E-state index is 0.674. The number of nitrogen functional groups attached to an aromatic ring is 1. The quantitative estimate of drug-likeness (QED) is 0.814. The zero-order valence-corrected chi connectivity index (χ0v) is 11.4. The monoisotopic (exact) mass is 260 g/mol. The number of halogens is 1. The Morgan fingerprint density at radius 2 is 1.89 bits per heavy atom. The first-order chi connectivity index (χ1) is 8.58. The van der Waals surface area contributed by atoms with Gasteiger partial charge in [-0.3, -0.25) is 0 Å². The summed E-state index contributed by atoms with van der Waals surface area (Å²) in [5.74, 6) is 0. The summed E-state index contributed by atoms with van der Waals surface area (Å²) in [6, 6.07) is 11.9. The number of nitrogens with one attached hydrogen (secondary N) is 1. The molecule has 2 nitrogen and oxygen atoms in total. The van der Waals surface area contributed by atoms with E-state index in [9.17, 15) is 0 Å². The fourth-order valence-corrected chi connectivity index (χ4v) is 2.27. The van der Waals surface area contributed by atoms with Crippen molar-refractivity contribution in [1.82, 2.24) is 0 Å². The molecule has 0 amide bonds. The van der Waals surface area contributed by atoms with Crippen LogP contribution in [0, 0.1) is 13.8 Å². The molecule has 0 bridgehead atoms. The molecule has 0 aliphatic carbocycles. The third-order valence-electron chi connectivity index (χ3n) is 2.92. The highest BCUT2D eigenvalue weighted by atomic mass is 35.5. The first kappa shape index (κ1) is 12.8. The van der Waals surface area contributed by atoms with Gasteiger partial charge in [0, 0.05) is 11.6 Å². The van der Waals surface area contributed by atoms with Crippen LogP contribution in [0.3, 0.4) is 0 Å². The lowest BCUT2D eigenvalue weighted by atomic mass is 10.1. The maximum absolute atomic E-state index is 6.12. The Bertz CT molecular complexity index is 541. The Hall–Kier alpha value is -1.67. The van der Waals surface area contributed by atoms with Crippen LogP contribution in [0.4, 0.5) is 11.4 Å². The van der Waals surface area contributed by atoms with Crippen LogP contribution >= 0.6 is 11.6 Å². The number of hydrogen-bond acceptors (Lipinski definition) is 2. The van der Waals surface area contributed by atoms with Crippen LogP contribution in [-0.4, -0.2) is 0 Å². The molecular weight excluding hydrogens is 244 g/mol. The summed E-state index contributed by atoms with van der Waals surface area (Å²) >= 11 is 6.12. The Balaban J connectivity index is 2.19. The van der Waals surface area contributed by atoms with E-state index < -0.39 is 0 Å². The van der Waals surface area contributed by atoms with Gasteiger partial charge in [0.15, 0.2) is 0 Å². The Morgan fingerprint density at radius 3 is 2.56 bits per heavy atom. The minimum Gasteiger partial charge on any atom is -0.397 e. The van der Waals surface area contributed by atoms with Gasteiger partial charge >= 0.3 is 0 Å². The predicted molar refractivity (Wildman–Crippen MR) is 79.1 cm³/mol. The van der Waals surface area contributed by atoms with Crippen molar-refractivity contribution >= 4 is 23.0 Å². The van der Waals surface area contributed by atoms with Crippen LogP contribution in [0.25, 0.3) is 0 Å². The van der Waals surface area contributed by atoms with Crippen LogP contribution in [-0.2, 0) is 6.54 Å². The largest absolute Gasteiger partial charge is 0.397 e. The number of hydrogen-bond donors (Lipinski definition) is 2. The van der Waals surface area contributed by atoms with Crippen LogP contribution < -0.4 is 11.1 Å². The van der Waals surface area contributed by atoms with Gasteiger partial charge in [0.05, 0.1) is 11.4 Å². The number of benzene rings is 2. The molecule has 0 heterocycles. The number of aryl methyl sites for hydroxylation is 2. The van der Waals surface area contributed by atoms with Gasteiger partial charge in [-0.05, 0) is 42.7 Å². The van der Waals surface area contributed by atoms with E-state index >= 15 is 0 Å². The molecule has 0 fully saturated rings. The van der Waals surface area contributed by atoms with Gasteiger partial charge in [0.1, 0.15) is 0 Å². The van der Waals surface area contributed by atoms with E-state index in [0.29, 0.717) is 6.54 Å². The number of rotatable bonds is 3. The number of nitrogens with two attached hydrogens (primary N) is 1. The van der Waals surface area contributed by atoms with Crippen molar-refractivity contribution in [3.8, 4) is 0 Å². The predicted octanol–water partition coefficient (Wildman–Crippen LogP) is 4.15. The zero-order chi connectivity index (χ0) is 13.1. The molecule has 2 aromatic rings. The van der Waals surface area contributed by atoms with Crippen molar-refractivity contribution < 1.29 is 0 Å². The molecule has 0 aliphatic rings. The maximum Gasteiger partial charge on any atom is 0.0606 e. The third kappa shape index (κ3) is 2.77. The number of anilines is 2. The molecule has 0 aromatic heterocycles. The molecule has 0 radical (unpaired) electrons. The van der Waals surface area contributed by atoms with Crippen molar-refractivity contribution in [3.05, 3.63) is 58.1 Å². The van der Waals surface area contributed by atoms with Crippen LogP contribution in [0.5, 0.6) is 0 Å². The molecule has 18 heavy (non-hydrogen) atoms. The molecule has 0 aliphatic heterocycles. The molecular formula is C15H17ClN2. The molecule has 3 N–H and O–H groups in total. The van der Waals surface area contributed by atoms with Gasteiger partial charge in [0.25, 0.3) is 0 Å². The van der Waals surface area contributed by atoms with Gasteiger partial charge < -0.3 is 11.1 Å². The summed E-state index contributed by atoms with van der Waals surface area (Å²) in [7, 11) is 0.